The van der Waals surface area contributed by atoms with Gasteiger partial charge in [0.1, 0.15) is 6.10 Å². The Balaban J connectivity index is 1.72. The summed E-state index contributed by atoms with van der Waals surface area (Å²) in [6.07, 6.45) is 0.314. The van der Waals surface area contributed by atoms with Gasteiger partial charge in [0, 0.05) is 36.8 Å². The Morgan fingerprint density at radius 1 is 1.08 bits per heavy atom. The van der Waals surface area contributed by atoms with Crippen molar-refractivity contribution < 1.29 is 17.9 Å². The zero-order valence-electron chi connectivity index (χ0n) is 22.1. The summed E-state index contributed by atoms with van der Waals surface area (Å²) in [5, 5.41) is 3.40. The first kappa shape index (κ1) is 26.1. The van der Waals surface area contributed by atoms with E-state index < -0.39 is 16.1 Å². The number of carbonyl (C=O) groups is 1. The van der Waals surface area contributed by atoms with Gasteiger partial charge in [0.25, 0.3) is 15.9 Å². The maximum atomic E-state index is 13.8. The number of aromatic nitrogens is 2. The van der Waals surface area contributed by atoms with E-state index in [0.717, 1.165) is 23.1 Å². The lowest BCUT2D eigenvalue weighted by Gasteiger charge is -2.35. The Morgan fingerprint density at radius 2 is 1.82 bits per heavy atom. The molecular formula is C28H33N5O4S. The standard InChI is InChI=1S/C28H33N5O4S/c1-17(2)13-23-24-16-29-11-12-33(23)27(34)20-9-6-10-21(14-20)38(35,36)32-28-30-22(15-25(31-28)37-24)26-18(3)7-5-8-19(26)4/h5-10,14-15,17,23-24,29H,11-13,16H2,1-4H3,(H,30,31,32)/t23-,24?/m1/s1. The van der Waals surface area contributed by atoms with Crippen LogP contribution in [-0.4, -0.2) is 61.0 Å². The van der Waals surface area contributed by atoms with Gasteiger partial charge < -0.3 is 15.0 Å². The number of hydrogen-bond acceptors (Lipinski definition) is 7. The summed E-state index contributed by atoms with van der Waals surface area (Å²) in [5.41, 5.74) is 3.76. The van der Waals surface area contributed by atoms with E-state index in [1.54, 1.807) is 18.2 Å². The molecule has 6 bridgehead atoms. The molecule has 1 saturated heterocycles. The van der Waals surface area contributed by atoms with Gasteiger partial charge in [-0.15, -0.1) is 0 Å². The van der Waals surface area contributed by atoms with Gasteiger partial charge in [-0.2, -0.15) is 4.98 Å². The van der Waals surface area contributed by atoms with Crippen LogP contribution in [0.5, 0.6) is 5.88 Å². The molecule has 38 heavy (non-hydrogen) atoms. The van der Waals surface area contributed by atoms with Gasteiger partial charge in [0.15, 0.2) is 0 Å². The summed E-state index contributed by atoms with van der Waals surface area (Å²) in [5.74, 6) is 0.235. The van der Waals surface area contributed by atoms with E-state index in [-0.39, 0.29) is 28.7 Å². The van der Waals surface area contributed by atoms with Gasteiger partial charge in [-0.05, 0) is 55.5 Å². The number of nitrogens with one attached hydrogen (secondary N) is 2. The number of benzene rings is 2. The summed E-state index contributed by atoms with van der Waals surface area (Å²) in [7, 11) is -4.08. The van der Waals surface area contributed by atoms with Crippen molar-refractivity contribution in [1.82, 2.24) is 20.2 Å². The smallest absolute Gasteiger partial charge is 0.264 e. The van der Waals surface area contributed by atoms with E-state index in [1.165, 1.54) is 12.1 Å². The van der Waals surface area contributed by atoms with Gasteiger partial charge in [0.05, 0.1) is 16.6 Å². The van der Waals surface area contributed by atoms with Crippen LogP contribution >= 0.6 is 0 Å². The van der Waals surface area contributed by atoms with Crippen LogP contribution in [-0.2, 0) is 10.0 Å². The molecule has 3 heterocycles. The van der Waals surface area contributed by atoms with E-state index in [0.29, 0.717) is 36.8 Å². The first-order valence-corrected chi connectivity index (χ1v) is 14.4. The van der Waals surface area contributed by atoms with Gasteiger partial charge in [-0.3, -0.25) is 4.79 Å². The third-order valence-electron chi connectivity index (χ3n) is 7.01. The fourth-order valence-electron chi connectivity index (χ4n) is 5.25. The molecule has 1 fully saturated rings. The highest BCUT2D eigenvalue weighted by Gasteiger charge is 2.36. The fraction of sp³-hybridized carbons (Fsp3) is 0.393. The highest BCUT2D eigenvalue weighted by atomic mass is 32.2. The van der Waals surface area contributed by atoms with Crippen LogP contribution in [0.15, 0.2) is 53.4 Å². The molecule has 3 aromatic rings. The first-order valence-electron chi connectivity index (χ1n) is 12.9. The number of rotatable bonds is 3. The maximum Gasteiger partial charge on any atom is 0.264 e. The fourth-order valence-corrected chi connectivity index (χ4v) is 6.24. The van der Waals surface area contributed by atoms with Gasteiger partial charge in [-0.25, -0.2) is 18.1 Å². The van der Waals surface area contributed by atoms with E-state index in [9.17, 15) is 13.2 Å². The number of fused-ring (bicyclic) bond motifs is 6. The third-order valence-corrected chi connectivity index (χ3v) is 8.33. The quantitative estimate of drug-likeness (QED) is 0.525. The lowest BCUT2D eigenvalue weighted by atomic mass is 9.96. The summed E-state index contributed by atoms with van der Waals surface area (Å²) >= 11 is 0. The minimum absolute atomic E-state index is 0.0314. The van der Waals surface area contributed by atoms with Gasteiger partial charge in [0.2, 0.25) is 11.8 Å². The third kappa shape index (κ3) is 5.23. The number of ether oxygens (including phenoxy) is 1. The molecule has 2 atom stereocenters. The number of sulfonamides is 1. The number of hydrogen-bond donors (Lipinski definition) is 2. The molecule has 1 amide bonds. The van der Waals surface area contributed by atoms with E-state index in [1.807, 2.05) is 36.9 Å². The lowest BCUT2D eigenvalue weighted by Crippen LogP contribution is -2.50. The normalized spacial score (nSPS) is 20.9. The summed E-state index contributed by atoms with van der Waals surface area (Å²) in [6, 6.07) is 13.6. The van der Waals surface area contributed by atoms with Crippen molar-refractivity contribution in [1.29, 1.82) is 0 Å². The molecule has 0 aliphatic carbocycles. The SMILES string of the molecule is Cc1cccc(C)c1-c1cc2nc(n1)NS(=O)(=O)c1cccc(c1)C(=O)N1CCNCC(O2)[C@H]1CC(C)C. The van der Waals surface area contributed by atoms with Crippen LogP contribution in [0, 0.1) is 19.8 Å². The largest absolute Gasteiger partial charge is 0.471 e. The molecular weight excluding hydrogens is 502 g/mol. The predicted octanol–water partition coefficient (Wildman–Crippen LogP) is 3.78. The molecule has 2 N–H and O–H groups in total. The summed E-state index contributed by atoms with van der Waals surface area (Å²) < 4.78 is 35.8. The Kier molecular flexibility index (Phi) is 7.11. The summed E-state index contributed by atoms with van der Waals surface area (Å²) in [4.78, 5) is 24.6. The van der Waals surface area contributed by atoms with Crippen molar-refractivity contribution in [3.8, 4) is 17.1 Å². The average Bonchev–Trinajstić information content (AvgIpc) is 3.04. The second-order valence-corrected chi connectivity index (χ2v) is 12.1. The van der Waals surface area contributed by atoms with Crippen molar-refractivity contribution in [2.24, 2.45) is 5.92 Å². The van der Waals surface area contributed by atoms with Crippen LogP contribution in [0.25, 0.3) is 11.3 Å². The second kappa shape index (κ2) is 10.3. The molecule has 2 aliphatic heterocycles. The highest BCUT2D eigenvalue weighted by molar-refractivity contribution is 7.92. The molecule has 0 radical (unpaired) electrons. The molecule has 1 aromatic heterocycles. The minimum atomic E-state index is -4.08. The van der Waals surface area contributed by atoms with Crippen molar-refractivity contribution in [2.45, 2.75) is 51.2 Å². The first-order chi connectivity index (χ1) is 18.1. The molecule has 5 rings (SSSR count). The Hall–Kier alpha value is -3.50. The zero-order valence-corrected chi connectivity index (χ0v) is 22.9. The molecule has 1 unspecified atom stereocenters. The number of amides is 1. The average molecular weight is 536 g/mol. The predicted molar refractivity (Wildman–Crippen MR) is 146 cm³/mol. The highest BCUT2D eigenvalue weighted by Crippen LogP contribution is 2.31. The zero-order chi connectivity index (χ0) is 27.0. The number of anilines is 1. The maximum absolute atomic E-state index is 13.8. The van der Waals surface area contributed by atoms with Crippen molar-refractivity contribution in [3.63, 3.8) is 0 Å². The molecule has 0 spiro atoms. The van der Waals surface area contributed by atoms with Crippen molar-refractivity contribution in [2.75, 3.05) is 24.4 Å². The second-order valence-electron chi connectivity index (χ2n) is 10.4. The Bertz CT molecular complexity index is 1450. The Labute approximate surface area is 223 Å². The lowest BCUT2D eigenvalue weighted by molar-refractivity contribution is 0.0446. The minimum Gasteiger partial charge on any atom is -0.471 e. The molecule has 0 saturated carbocycles. The topological polar surface area (TPSA) is 114 Å². The molecule has 10 heteroatoms. The van der Waals surface area contributed by atoms with Gasteiger partial charge in [-0.1, -0.05) is 38.1 Å². The van der Waals surface area contributed by atoms with E-state index in [2.05, 4.69) is 33.9 Å². The molecule has 2 aliphatic rings. The van der Waals surface area contributed by atoms with Crippen molar-refractivity contribution in [3.05, 3.63) is 65.2 Å². The van der Waals surface area contributed by atoms with Crippen LogP contribution < -0.4 is 14.8 Å². The van der Waals surface area contributed by atoms with Gasteiger partial charge >= 0.3 is 0 Å². The number of nitrogens with zero attached hydrogens (tertiary/aromatic N) is 3. The van der Waals surface area contributed by atoms with Crippen LogP contribution in [0.1, 0.15) is 41.8 Å². The van der Waals surface area contributed by atoms with E-state index in [4.69, 9.17) is 4.74 Å². The summed E-state index contributed by atoms with van der Waals surface area (Å²) in [6.45, 7) is 9.80. The van der Waals surface area contributed by atoms with Crippen LogP contribution in [0.4, 0.5) is 5.95 Å². The monoisotopic (exact) mass is 535 g/mol. The van der Waals surface area contributed by atoms with E-state index >= 15 is 0 Å². The van der Waals surface area contributed by atoms with Crippen molar-refractivity contribution >= 4 is 21.9 Å². The molecule has 200 valence electrons. The van der Waals surface area contributed by atoms with Crippen LogP contribution in [0.2, 0.25) is 0 Å². The number of carbonyl (C=O) groups excluding carboxylic acids is 1. The Morgan fingerprint density at radius 3 is 2.55 bits per heavy atom. The molecule has 9 nitrogen and oxygen atoms in total. The number of aryl methyl sites for hydroxylation is 2. The van der Waals surface area contributed by atoms with Crippen LogP contribution in [0.3, 0.4) is 0 Å². The molecule has 2 aromatic carbocycles.